The molecule has 3 nitrogen and oxygen atoms in total. The van der Waals surface area contributed by atoms with E-state index in [1.807, 2.05) is 11.4 Å². The van der Waals surface area contributed by atoms with Gasteiger partial charge in [0.25, 0.3) is 0 Å². The van der Waals surface area contributed by atoms with Crippen LogP contribution in [0.1, 0.15) is 24.8 Å². The zero-order valence-corrected chi connectivity index (χ0v) is 12.4. The second kappa shape index (κ2) is 5.18. The van der Waals surface area contributed by atoms with Gasteiger partial charge >= 0.3 is 6.29 Å². The first-order chi connectivity index (χ1) is 9.94. The van der Waals surface area contributed by atoms with Crippen molar-refractivity contribution in [2.45, 2.75) is 26.2 Å². The van der Waals surface area contributed by atoms with Crippen molar-refractivity contribution in [3.8, 4) is 11.5 Å². The van der Waals surface area contributed by atoms with Crippen molar-refractivity contribution in [3.05, 3.63) is 40.6 Å². The molecule has 0 bridgehead atoms. The maximum absolute atomic E-state index is 13.0. The molecule has 6 heteroatoms. The van der Waals surface area contributed by atoms with Gasteiger partial charge in [0.1, 0.15) is 0 Å². The Labute approximate surface area is 125 Å². The number of benzene rings is 1. The average Bonchev–Trinajstić information content (AvgIpc) is 3.00. The molecule has 2 heterocycles. The minimum absolute atomic E-state index is 0.0543. The first-order valence-corrected chi connectivity index (χ1v) is 7.52. The van der Waals surface area contributed by atoms with Gasteiger partial charge < -0.3 is 14.8 Å². The fraction of sp³-hybridized carbons (Fsp3) is 0.333. The van der Waals surface area contributed by atoms with Crippen LogP contribution in [0.2, 0.25) is 0 Å². The highest BCUT2D eigenvalue weighted by molar-refractivity contribution is 7.10. The minimum Gasteiger partial charge on any atom is -0.395 e. The van der Waals surface area contributed by atoms with Crippen molar-refractivity contribution in [3.63, 3.8) is 0 Å². The fourth-order valence-electron chi connectivity index (χ4n) is 2.25. The lowest BCUT2D eigenvalue weighted by molar-refractivity contribution is -0.286. The first kappa shape index (κ1) is 14.1. The number of alkyl halides is 2. The Hall–Kier alpha value is -1.82. The van der Waals surface area contributed by atoms with Gasteiger partial charge in [0.15, 0.2) is 11.5 Å². The van der Waals surface area contributed by atoms with Gasteiger partial charge in [-0.2, -0.15) is 0 Å². The zero-order valence-electron chi connectivity index (χ0n) is 11.6. The van der Waals surface area contributed by atoms with Crippen LogP contribution in [0.15, 0.2) is 35.7 Å². The highest BCUT2D eigenvalue weighted by atomic mass is 32.1. The van der Waals surface area contributed by atoms with Gasteiger partial charge in [0.2, 0.25) is 0 Å². The number of hydrogen-bond acceptors (Lipinski definition) is 4. The van der Waals surface area contributed by atoms with Crippen LogP contribution in [-0.2, 0) is 0 Å². The Bertz CT molecular complexity index is 629. The van der Waals surface area contributed by atoms with Crippen LogP contribution in [0, 0.1) is 5.92 Å². The summed E-state index contributed by atoms with van der Waals surface area (Å²) in [5, 5.41) is 5.39. The van der Waals surface area contributed by atoms with E-state index in [4.69, 9.17) is 0 Å². The molecular weight excluding hydrogens is 296 g/mol. The van der Waals surface area contributed by atoms with Gasteiger partial charge in [0.05, 0.1) is 6.04 Å². The third-order valence-electron chi connectivity index (χ3n) is 3.24. The molecular formula is C15H15F2NO2S. The van der Waals surface area contributed by atoms with E-state index in [-0.39, 0.29) is 17.5 Å². The van der Waals surface area contributed by atoms with E-state index in [1.165, 1.54) is 10.9 Å². The third kappa shape index (κ3) is 2.95. The maximum Gasteiger partial charge on any atom is 0.586 e. The van der Waals surface area contributed by atoms with Gasteiger partial charge in [-0.3, -0.25) is 0 Å². The predicted octanol–water partition coefficient (Wildman–Crippen LogP) is 4.88. The lowest BCUT2D eigenvalue weighted by Gasteiger charge is -2.22. The van der Waals surface area contributed by atoms with Crippen molar-refractivity contribution >= 4 is 17.0 Å². The van der Waals surface area contributed by atoms with Crippen LogP contribution >= 0.6 is 11.3 Å². The third-order valence-corrected chi connectivity index (χ3v) is 4.20. The summed E-state index contributed by atoms with van der Waals surface area (Å²) >= 11 is 1.67. The topological polar surface area (TPSA) is 30.5 Å². The van der Waals surface area contributed by atoms with Crippen molar-refractivity contribution < 1.29 is 18.3 Å². The molecule has 21 heavy (non-hydrogen) atoms. The molecule has 0 aliphatic carbocycles. The summed E-state index contributed by atoms with van der Waals surface area (Å²) in [4.78, 5) is 1.20. The van der Waals surface area contributed by atoms with E-state index in [0.717, 1.165) is 5.69 Å². The van der Waals surface area contributed by atoms with Crippen LogP contribution < -0.4 is 14.8 Å². The van der Waals surface area contributed by atoms with Crippen LogP contribution in [0.3, 0.4) is 0 Å². The van der Waals surface area contributed by atoms with E-state index in [9.17, 15) is 8.78 Å². The minimum atomic E-state index is -3.58. The van der Waals surface area contributed by atoms with Gasteiger partial charge in [0, 0.05) is 16.6 Å². The Morgan fingerprint density at radius 1 is 1.14 bits per heavy atom. The van der Waals surface area contributed by atoms with Gasteiger partial charge in [-0.25, -0.2) is 0 Å². The molecule has 1 atom stereocenters. The Morgan fingerprint density at radius 3 is 2.57 bits per heavy atom. The number of ether oxygens (including phenoxy) is 2. The van der Waals surface area contributed by atoms with Crippen LogP contribution in [0.5, 0.6) is 11.5 Å². The van der Waals surface area contributed by atoms with Crippen molar-refractivity contribution in [1.82, 2.24) is 0 Å². The molecule has 1 aliphatic rings. The maximum atomic E-state index is 13.0. The predicted molar refractivity (Wildman–Crippen MR) is 78.2 cm³/mol. The smallest absolute Gasteiger partial charge is 0.395 e. The highest BCUT2D eigenvalue weighted by Crippen LogP contribution is 2.43. The molecule has 0 saturated heterocycles. The summed E-state index contributed by atoms with van der Waals surface area (Å²) in [5.74, 6) is 0.469. The van der Waals surface area contributed by atoms with E-state index in [2.05, 4.69) is 34.7 Å². The molecule has 1 N–H and O–H groups in total. The molecule has 0 fully saturated rings. The van der Waals surface area contributed by atoms with Crippen LogP contribution in [0.4, 0.5) is 14.5 Å². The Balaban J connectivity index is 1.82. The lowest BCUT2D eigenvalue weighted by atomic mass is 10.0. The van der Waals surface area contributed by atoms with E-state index in [1.54, 1.807) is 23.5 Å². The van der Waals surface area contributed by atoms with Gasteiger partial charge in [-0.1, -0.05) is 19.9 Å². The summed E-state index contributed by atoms with van der Waals surface area (Å²) in [5.41, 5.74) is 0.724. The summed E-state index contributed by atoms with van der Waals surface area (Å²) in [6, 6.07) is 8.92. The number of nitrogens with one attached hydrogen (secondary N) is 1. The molecule has 1 aromatic heterocycles. The lowest BCUT2D eigenvalue weighted by Crippen LogP contribution is -2.25. The second-order valence-electron chi connectivity index (χ2n) is 5.21. The quantitative estimate of drug-likeness (QED) is 0.873. The van der Waals surface area contributed by atoms with Crippen molar-refractivity contribution in [1.29, 1.82) is 0 Å². The number of hydrogen-bond donors (Lipinski definition) is 1. The van der Waals surface area contributed by atoms with E-state index in [0.29, 0.717) is 5.92 Å². The molecule has 0 amide bonds. The fourth-order valence-corrected chi connectivity index (χ4v) is 3.20. The number of rotatable bonds is 4. The zero-order chi connectivity index (χ0) is 15.0. The standard InChI is InChI=1S/C15H15F2NO2S/c1-9(2)14(13-4-3-7-21-13)18-10-5-6-11-12(8-10)20-15(16,17)19-11/h3-9,14,18H,1-2H3. The van der Waals surface area contributed by atoms with Crippen molar-refractivity contribution in [2.75, 3.05) is 5.32 Å². The monoisotopic (exact) mass is 311 g/mol. The molecule has 1 aromatic carbocycles. The normalized spacial score (nSPS) is 17.0. The number of halogens is 2. The van der Waals surface area contributed by atoms with Crippen LogP contribution in [0.25, 0.3) is 0 Å². The second-order valence-corrected chi connectivity index (χ2v) is 6.19. The first-order valence-electron chi connectivity index (χ1n) is 6.64. The summed E-state index contributed by atoms with van der Waals surface area (Å²) in [7, 11) is 0. The van der Waals surface area contributed by atoms with E-state index < -0.39 is 6.29 Å². The van der Waals surface area contributed by atoms with Crippen LogP contribution in [-0.4, -0.2) is 6.29 Å². The Kier molecular flexibility index (Phi) is 3.49. The molecule has 1 aliphatic heterocycles. The van der Waals surface area contributed by atoms with E-state index >= 15 is 0 Å². The molecule has 0 radical (unpaired) electrons. The molecule has 2 aromatic rings. The largest absolute Gasteiger partial charge is 0.586 e. The van der Waals surface area contributed by atoms with Gasteiger partial charge in [-0.15, -0.1) is 20.1 Å². The Morgan fingerprint density at radius 2 is 1.90 bits per heavy atom. The highest BCUT2D eigenvalue weighted by Gasteiger charge is 2.43. The van der Waals surface area contributed by atoms with Gasteiger partial charge in [-0.05, 0) is 29.5 Å². The summed E-state index contributed by atoms with van der Waals surface area (Å²) < 4.78 is 34.9. The number of fused-ring (bicyclic) bond motifs is 1. The number of thiophene rings is 1. The summed E-state index contributed by atoms with van der Waals surface area (Å²) in [6.07, 6.45) is -3.58. The molecule has 0 saturated carbocycles. The molecule has 112 valence electrons. The summed E-state index contributed by atoms with van der Waals surface area (Å²) in [6.45, 7) is 4.22. The average molecular weight is 311 g/mol. The SMILES string of the molecule is CC(C)C(Nc1ccc2c(c1)OC(F)(F)O2)c1cccs1. The number of anilines is 1. The molecule has 3 rings (SSSR count). The van der Waals surface area contributed by atoms with Crippen molar-refractivity contribution in [2.24, 2.45) is 5.92 Å². The molecule has 1 unspecified atom stereocenters. The molecule has 0 spiro atoms.